The number of aromatic amines is 1. The van der Waals surface area contributed by atoms with Crippen molar-refractivity contribution in [1.29, 1.82) is 0 Å². The Balaban J connectivity index is 2.93. The van der Waals surface area contributed by atoms with Gasteiger partial charge in [0.15, 0.2) is 11.9 Å². The molecule has 0 fully saturated rings. The van der Waals surface area contributed by atoms with Gasteiger partial charge in [0.25, 0.3) is 0 Å². The lowest BCUT2D eigenvalue weighted by molar-refractivity contribution is -0.143. The number of guanidine groups is 2. The summed E-state index contributed by atoms with van der Waals surface area (Å²) in [6.45, 7) is 1.65. The van der Waals surface area contributed by atoms with E-state index in [2.05, 4.69) is 35.9 Å². The number of carboxylic acid groups (broad SMARTS) is 1. The maximum Gasteiger partial charge on any atom is 0.326 e. The van der Waals surface area contributed by atoms with E-state index in [9.17, 15) is 29.4 Å². The highest BCUT2D eigenvalue weighted by molar-refractivity contribution is 5.94. The van der Waals surface area contributed by atoms with Gasteiger partial charge in [-0.3, -0.25) is 24.4 Å². The first kappa shape index (κ1) is 33.6. The maximum absolute atomic E-state index is 13.2. The lowest BCUT2D eigenvalue weighted by Crippen LogP contribution is -2.60. The molecule has 0 bridgehead atoms. The van der Waals surface area contributed by atoms with Crippen LogP contribution in [0.25, 0.3) is 0 Å². The van der Waals surface area contributed by atoms with Gasteiger partial charge < -0.3 is 59.8 Å². The lowest BCUT2D eigenvalue weighted by atomic mass is 10.1. The van der Waals surface area contributed by atoms with Gasteiger partial charge in [0, 0.05) is 31.4 Å². The highest BCUT2D eigenvalue weighted by atomic mass is 16.4. The average molecular weight is 569 g/mol. The van der Waals surface area contributed by atoms with Gasteiger partial charge in [0.2, 0.25) is 17.7 Å². The van der Waals surface area contributed by atoms with Crippen LogP contribution >= 0.6 is 0 Å². The van der Waals surface area contributed by atoms with Crippen LogP contribution in [0.15, 0.2) is 22.5 Å². The summed E-state index contributed by atoms with van der Waals surface area (Å²) < 4.78 is 0. The number of aliphatic imine (C=N–C) groups is 2. The summed E-state index contributed by atoms with van der Waals surface area (Å²) in [4.78, 5) is 64.7. The van der Waals surface area contributed by atoms with E-state index in [4.69, 9.17) is 28.7 Å². The molecule has 0 radical (unpaired) electrons. The molecule has 0 saturated heterocycles. The molecule has 18 nitrogen and oxygen atoms in total. The van der Waals surface area contributed by atoms with Crippen molar-refractivity contribution in [2.24, 2.45) is 38.7 Å². The number of aromatic nitrogens is 2. The van der Waals surface area contributed by atoms with Gasteiger partial charge in [-0.25, -0.2) is 9.78 Å². The van der Waals surface area contributed by atoms with E-state index >= 15 is 0 Å². The van der Waals surface area contributed by atoms with Crippen molar-refractivity contribution in [1.82, 2.24) is 25.9 Å². The molecular weight excluding hydrogens is 528 g/mol. The summed E-state index contributed by atoms with van der Waals surface area (Å²) in [7, 11) is 0. The van der Waals surface area contributed by atoms with E-state index in [1.54, 1.807) is 0 Å². The van der Waals surface area contributed by atoms with E-state index in [1.165, 1.54) is 19.4 Å². The highest BCUT2D eigenvalue weighted by Gasteiger charge is 2.33. The summed E-state index contributed by atoms with van der Waals surface area (Å²) in [5.41, 5.74) is 27.5. The van der Waals surface area contributed by atoms with E-state index < -0.39 is 54.0 Å². The van der Waals surface area contributed by atoms with Gasteiger partial charge in [-0.05, 0) is 32.6 Å². The van der Waals surface area contributed by atoms with Crippen molar-refractivity contribution in [3.8, 4) is 0 Å². The van der Waals surface area contributed by atoms with Crippen LogP contribution in [0, 0.1) is 0 Å². The lowest BCUT2D eigenvalue weighted by Gasteiger charge is -2.26. The summed E-state index contributed by atoms with van der Waals surface area (Å²) in [5.74, 6) is -3.99. The van der Waals surface area contributed by atoms with E-state index in [-0.39, 0.29) is 50.7 Å². The molecule has 0 aliphatic rings. The smallest absolute Gasteiger partial charge is 0.326 e. The minimum absolute atomic E-state index is 0.0160. The van der Waals surface area contributed by atoms with Gasteiger partial charge in [0.1, 0.15) is 18.1 Å². The quantitative estimate of drug-likeness (QED) is 0.0452. The molecule has 0 aliphatic carbocycles. The number of hydrogen-bond donors (Lipinski definition) is 11. The largest absolute Gasteiger partial charge is 0.480 e. The zero-order chi connectivity index (χ0) is 30.2. The first-order valence-corrected chi connectivity index (χ1v) is 12.5. The van der Waals surface area contributed by atoms with Crippen LogP contribution < -0.4 is 44.6 Å². The van der Waals surface area contributed by atoms with Crippen molar-refractivity contribution in [3.63, 3.8) is 0 Å². The Kier molecular flexibility index (Phi) is 14.4. The van der Waals surface area contributed by atoms with Crippen molar-refractivity contribution < 1.29 is 29.4 Å². The van der Waals surface area contributed by atoms with Crippen LogP contribution in [0.1, 0.15) is 38.3 Å². The van der Waals surface area contributed by atoms with Crippen molar-refractivity contribution in [3.05, 3.63) is 18.2 Å². The zero-order valence-electron chi connectivity index (χ0n) is 22.2. The molecule has 0 spiro atoms. The number of H-pyrrole nitrogens is 1. The SMILES string of the molecule is CC(O)C(NC(=O)C(Cc1cnc[nH]1)NC(=O)C(N)CCCN=C(N)N)C(=O)NC(CCCN=C(N)N)C(=O)O. The minimum Gasteiger partial charge on any atom is -0.480 e. The Morgan fingerprint density at radius 3 is 2.00 bits per heavy atom. The number of carbonyl (C=O) groups is 4. The van der Waals surface area contributed by atoms with Gasteiger partial charge in [-0.2, -0.15) is 0 Å². The Hall–Kier alpha value is -4.45. The topological polar surface area (TPSA) is 328 Å². The number of imidazole rings is 1. The van der Waals surface area contributed by atoms with Crippen LogP contribution in [0.2, 0.25) is 0 Å². The fourth-order valence-electron chi connectivity index (χ4n) is 3.44. The predicted octanol–water partition coefficient (Wildman–Crippen LogP) is -4.69. The number of aliphatic carboxylic acids is 1. The molecule has 224 valence electrons. The molecule has 3 amide bonds. The number of nitrogens with two attached hydrogens (primary N) is 5. The first-order valence-electron chi connectivity index (χ1n) is 12.5. The van der Waals surface area contributed by atoms with E-state index in [0.29, 0.717) is 12.1 Å². The average Bonchev–Trinajstić information content (AvgIpc) is 3.38. The number of amides is 3. The third kappa shape index (κ3) is 12.9. The Labute approximate surface area is 230 Å². The number of rotatable bonds is 18. The Morgan fingerprint density at radius 2 is 1.50 bits per heavy atom. The molecule has 1 aromatic heterocycles. The third-order valence-corrected chi connectivity index (χ3v) is 5.54. The molecule has 0 aliphatic heterocycles. The maximum atomic E-state index is 13.2. The molecule has 0 aromatic carbocycles. The van der Waals surface area contributed by atoms with E-state index in [1.807, 2.05) is 0 Å². The zero-order valence-corrected chi connectivity index (χ0v) is 22.2. The van der Waals surface area contributed by atoms with Crippen LogP contribution in [-0.2, 0) is 25.6 Å². The Morgan fingerprint density at radius 1 is 0.925 bits per heavy atom. The third-order valence-electron chi connectivity index (χ3n) is 5.54. The van der Waals surface area contributed by atoms with Crippen LogP contribution in [0.3, 0.4) is 0 Å². The standard InChI is InChI=1S/C22H40N12O6/c1-11(35)16(19(38)32-14(20(39)40)5-3-7-30-22(26)27)34-18(37)15(8-12-9-28-10-31-12)33-17(36)13(23)4-2-6-29-21(24)25/h9-11,13-16,35H,2-8,23H2,1H3,(H,28,31)(H,32,38)(H,33,36)(H,34,37)(H,39,40)(H4,24,25,29)(H4,26,27,30). The number of nitrogens with one attached hydrogen (secondary N) is 4. The van der Waals surface area contributed by atoms with Gasteiger partial charge in [-0.15, -0.1) is 0 Å². The van der Waals surface area contributed by atoms with E-state index in [0.717, 1.165) is 0 Å². The highest BCUT2D eigenvalue weighted by Crippen LogP contribution is 2.05. The molecule has 0 saturated carbocycles. The molecule has 16 N–H and O–H groups in total. The number of carbonyl (C=O) groups excluding carboxylic acids is 3. The second kappa shape index (κ2) is 17.2. The molecule has 1 heterocycles. The van der Waals surface area contributed by atoms with Crippen molar-refractivity contribution >= 4 is 35.6 Å². The summed E-state index contributed by atoms with van der Waals surface area (Å²) in [6, 6.07) is -5.09. The van der Waals surface area contributed by atoms with Crippen LogP contribution in [0.4, 0.5) is 0 Å². The Bertz CT molecular complexity index is 1020. The molecular formula is C22H40N12O6. The first-order chi connectivity index (χ1) is 18.8. The van der Waals surface area contributed by atoms with Crippen molar-refractivity contribution in [2.45, 2.75) is 69.3 Å². The summed E-state index contributed by atoms with van der Waals surface area (Å²) in [5, 5.41) is 26.9. The van der Waals surface area contributed by atoms with Gasteiger partial charge in [-0.1, -0.05) is 0 Å². The number of hydrogen-bond acceptors (Lipinski definition) is 9. The monoisotopic (exact) mass is 568 g/mol. The molecule has 1 rings (SSSR count). The van der Waals surface area contributed by atoms with Crippen LogP contribution in [0.5, 0.6) is 0 Å². The fraction of sp³-hybridized carbons (Fsp3) is 0.591. The minimum atomic E-state index is -1.54. The van der Waals surface area contributed by atoms with Gasteiger partial charge >= 0.3 is 5.97 Å². The van der Waals surface area contributed by atoms with Gasteiger partial charge in [0.05, 0.1) is 18.5 Å². The second-order valence-electron chi connectivity index (χ2n) is 8.97. The van der Waals surface area contributed by atoms with Crippen molar-refractivity contribution in [2.75, 3.05) is 13.1 Å². The second-order valence-corrected chi connectivity index (χ2v) is 8.97. The number of aliphatic hydroxyl groups is 1. The number of carboxylic acids is 1. The molecule has 5 atom stereocenters. The molecule has 5 unspecified atom stereocenters. The molecule has 40 heavy (non-hydrogen) atoms. The normalized spacial score (nSPS) is 14.5. The van der Waals surface area contributed by atoms with Crippen LogP contribution in [-0.4, -0.2) is 99.2 Å². The molecule has 18 heteroatoms. The molecule has 1 aromatic rings. The summed E-state index contributed by atoms with van der Waals surface area (Å²) >= 11 is 0. The summed E-state index contributed by atoms with van der Waals surface area (Å²) in [6.07, 6.45) is 2.22. The fourth-order valence-corrected chi connectivity index (χ4v) is 3.44. The predicted molar refractivity (Wildman–Crippen MR) is 145 cm³/mol. The number of nitrogens with zero attached hydrogens (tertiary/aromatic N) is 3. The number of aliphatic hydroxyl groups excluding tert-OH is 1.